The standard InChI is InChI=1S/C12H18O/c1-12(13-2)10-4-8-3-9(6-10)7-11(12)5-8/h4,9-11H,3,5-7H2,1-2H3. The van der Waals surface area contributed by atoms with E-state index in [9.17, 15) is 0 Å². The molecule has 4 aliphatic carbocycles. The van der Waals surface area contributed by atoms with Crippen LogP contribution in [0.2, 0.25) is 0 Å². The minimum absolute atomic E-state index is 0.167. The third kappa shape index (κ3) is 0.914. The molecule has 0 spiro atoms. The molecular weight excluding hydrogens is 160 g/mol. The van der Waals surface area contributed by atoms with E-state index in [2.05, 4.69) is 13.0 Å². The monoisotopic (exact) mass is 178 g/mol. The van der Waals surface area contributed by atoms with Crippen molar-refractivity contribution >= 4 is 0 Å². The number of hydrogen-bond acceptors (Lipinski definition) is 1. The summed E-state index contributed by atoms with van der Waals surface area (Å²) in [4.78, 5) is 0. The summed E-state index contributed by atoms with van der Waals surface area (Å²) in [5.41, 5.74) is 1.90. The maximum Gasteiger partial charge on any atom is 0.0744 e. The summed E-state index contributed by atoms with van der Waals surface area (Å²) in [6, 6.07) is 0. The van der Waals surface area contributed by atoms with Gasteiger partial charge in [0, 0.05) is 13.0 Å². The molecule has 0 aromatic carbocycles. The van der Waals surface area contributed by atoms with Gasteiger partial charge in [0.15, 0.2) is 0 Å². The molecule has 4 rings (SSSR count). The van der Waals surface area contributed by atoms with Crippen molar-refractivity contribution in [2.45, 2.75) is 38.2 Å². The molecule has 13 heavy (non-hydrogen) atoms. The van der Waals surface area contributed by atoms with Gasteiger partial charge in [-0.05, 0) is 44.4 Å². The van der Waals surface area contributed by atoms with Crippen LogP contribution in [0.4, 0.5) is 0 Å². The molecule has 4 atom stereocenters. The van der Waals surface area contributed by atoms with E-state index < -0.39 is 0 Å². The van der Waals surface area contributed by atoms with Crippen LogP contribution in [-0.4, -0.2) is 12.7 Å². The van der Waals surface area contributed by atoms with Gasteiger partial charge in [0.25, 0.3) is 0 Å². The molecule has 1 nitrogen and oxygen atoms in total. The van der Waals surface area contributed by atoms with Crippen LogP contribution >= 0.6 is 0 Å². The number of ether oxygens (including phenoxy) is 1. The Hall–Kier alpha value is -0.300. The quantitative estimate of drug-likeness (QED) is 0.561. The zero-order valence-corrected chi connectivity index (χ0v) is 8.55. The van der Waals surface area contributed by atoms with E-state index in [4.69, 9.17) is 4.74 Å². The van der Waals surface area contributed by atoms with Gasteiger partial charge in [0.1, 0.15) is 0 Å². The fraction of sp³-hybridized carbons (Fsp3) is 0.833. The van der Waals surface area contributed by atoms with Gasteiger partial charge in [-0.3, -0.25) is 0 Å². The van der Waals surface area contributed by atoms with Crippen LogP contribution in [0.5, 0.6) is 0 Å². The molecule has 0 radical (unpaired) electrons. The van der Waals surface area contributed by atoms with Crippen LogP contribution in [0, 0.1) is 17.8 Å². The fourth-order valence-corrected chi connectivity index (χ4v) is 3.82. The van der Waals surface area contributed by atoms with E-state index in [-0.39, 0.29) is 5.60 Å². The zero-order valence-electron chi connectivity index (χ0n) is 8.55. The maximum absolute atomic E-state index is 5.77. The zero-order chi connectivity index (χ0) is 9.05. The SMILES string of the molecule is COC1(C)C2C=C3CC(C2)CC1C3. The lowest BCUT2D eigenvalue weighted by Gasteiger charge is -2.55. The van der Waals surface area contributed by atoms with Gasteiger partial charge < -0.3 is 4.74 Å². The average Bonchev–Trinajstić information content (AvgIpc) is 2.13. The molecule has 1 heteroatoms. The van der Waals surface area contributed by atoms with Crippen molar-refractivity contribution in [1.82, 2.24) is 0 Å². The minimum Gasteiger partial charge on any atom is -0.378 e. The molecule has 0 aliphatic heterocycles. The highest BCUT2D eigenvalue weighted by molar-refractivity contribution is 5.24. The predicted molar refractivity (Wildman–Crippen MR) is 52.4 cm³/mol. The first-order valence-electron chi connectivity index (χ1n) is 5.47. The second kappa shape index (κ2) is 2.38. The Morgan fingerprint density at radius 3 is 2.85 bits per heavy atom. The Morgan fingerprint density at radius 2 is 2.23 bits per heavy atom. The second-order valence-corrected chi connectivity index (χ2v) is 5.26. The Morgan fingerprint density at radius 1 is 1.38 bits per heavy atom. The largest absolute Gasteiger partial charge is 0.378 e. The van der Waals surface area contributed by atoms with Crippen LogP contribution in [-0.2, 0) is 4.74 Å². The highest BCUT2D eigenvalue weighted by Gasteiger charge is 2.51. The van der Waals surface area contributed by atoms with Crippen LogP contribution < -0.4 is 0 Å². The number of allylic oxidation sites excluding steroid dienone is 1. The summed E-state index contributed by atoms with van der Waals surface area (Å²) < 4.78 is 5.77. The normalized spacial score (nSPS) is 52.5. The van der Waals surface area contributed by atoms with Crippen LogP contribution in [0.3, 0.4) is 0 Å². The molecule has 0 N–H and O–H groups in total. The third-order valence-electron chi connectivity index (χ3n) is 4.69. The highest BCUT2D eigenvalue weighted by Crippen LogP contribution is 2.56. The topological polar surface area (TPSA) is 9.23 Å². The summed E-state index contributed by atoms with van der Waals surface area (Å²) in [7, 11) is 1.89. The molecule has 0 saturated heterocycles. The van der Waals surface area contributed by atoms with Gasteiger partial charge in [-0.15, -0.1) is 0 Å². The summed E-state index contributed by atoms with van der Waals surface area (Å²) in [6.07, 6.45) is 8.02. The average molecular weight is 178 g/mol. The van der Waals surface area contributed by atoms with Crippen LogP contribution in [0.15, 0.2) is 11.6 Å². The van der Waals surface area contributed by atoms with Crippen LogP contribution in [0.25, 0.3) is 0 Å². The molecule has 0 amide bonds. The predicted octanol–water partition coefficient (Wildman–Crippen LogP) is 2.77. The minimum atomic E-state index is 0.167. The highest BCUT2D eigenvalue weighted by atomic mass is 16.5. The molecule has 0 aromatic rings. The van der Waals surface area contributed by atoms with Crippen molar-refractivity contribution in [2.75, 3.05) is 7.11 Å². The van der Waals surface area contributed by atoms with Gasteiger partial charge in [-0.2, -0.15) is 0 Å². The van der Waals surface area contributed by atoms with Gasteiger partial charge in [-0.1, -0.05) is 11.6 Å². The smallest absolute Gasteiger partial charge is 0.0744 e. The lowest BCUT2D eigenvalue weighted by atomic mass is 9.54. The van der Waals surface area contributed by atoms with Gasteiger partial charge >= 0.3 is 0 Å². The maximum atomic E-state index is 5.77. The Labute approximate surface area is 80.2 Å². The van der Waals surface area contributed by atoms with E-state index in [0.29, 0.717) is 0 Å². The van der Waals surface area contributed by atoms with Crippen molar-refractivity contribution in [2.24, 2.45) is 17.8 Å². The van der Waals surface area contributed by atoms with Crippen molar-refractivity contribution in [3.63, 3.8) is 0 Å². The number of methoxy groups -OCH3 is 1. The molecular formula is C12H18O. The Bertz CT molecular complexity index is 268. The number of hydrogen-bond donors (Lipinski definition) is 0. The van der Waals surface area contributed by atoms with E-state index >= 15 is 0 Å². The number of rotatable bonds is 1. The van der Waals surface area contributed by atoms with Crippen molar-refractivity contribution in [3.05, 3.63) is 11.6 Å². The van der Waals surface area contributed by atoms with Crippen molar-refractivity contribution in [1.29, 1.82) is 0 Å². The van der Waals surface area contributed by atoms with Gasteiger partial charge in [0.2, 0.25) is 0 Å². The Balaban J connectivity index is 2.03. The van der Waals surface area contributed by atoms with E-state index in [1.807, 2.05) is 7.11 Å². The molecule has 72 valence electrons. The van der Waals surface area contributed by atoms with Crippen LogP contribution in [0.1, 0.15) is 32.6 Å². The van der Waals surface area contributed by atoms with Crippen molar-refractivity contribution in [3.8, 4) is 0 Å². The molecule has 4 unspecified atom stereocenters. The van der Waals surface area contributed by atoms with Crippen molar-refractivity contribution < 1.29 is 4.74 Å². The molecule has 0 heterocycles. The van der Waals surface area contributed by atoms with E-state index in [0.717, 1.165) is 17.8 Å². The summed E-state index contributed by atoms with van der Waals surface area (Å²) in [5.74, 6) is 2.53. The molecule has 4 aliphatic rings. The summed E-state index contributed by atoms with van der Waals surface area (Å²) in [6.45, 7) is 2.32. The third-order valence-corrected chi connectivity index (χ3v) is 4.69. The fourth-order valence-electron chi connectivity index (χ4n) is 3.82. The van der Waals surface area contributed by atoms with Gasteiger partial charge in [0.05, 0.1) is 5.60 Å². The lowest BCUT2D eigenvalue weighted by Crippen LogP contribution is -2.53. The van der Waals surface area contributed by atoms with Gasteiger partial charge in [-0.25, -0.2) is 0 Å². The first-order valence-corrected chi connectivity index (χ1v) is 5.47. The molecule has 2 saturated carbocycles. The summed E-state index contributed by atoms with van der Waals surface area (Å²) >= 11 is 0. The first-order chi connectivity index (χ1) is 6.22. The molecule has 2 fully saturated rings. The summed E-state index contributed by atoms with van der Waals surface area (Å²) in [5, 5.41) is 0. The van der Waals surface area contributed by atoms with E-state index in [1.165, 1.54) is 25.7 Å². The Kier molecular flexibility index (Phi) is 1.48. The second-order valence-electron chi connectivity index (χ2n) is 5.26. The van der Waals surface area contributed by atoms with E-state index in [1.54, 1.807) is 5.57 Å². The first kappa shape index (κ1) is 8.05. The molecule has 4 bridgehead atoms. The molecule has 0 aromatic heterocycles. The lowest BCUT2D eigenvalue weighted by molar-refractivity contribution is -0.122.